The number of amides is 1. The molecule has 0 radical (unpaired) electrons. The number of anilines is 1. The third-order valence-electron chi connectivity index (χ3n) is 4.50. The number of nitrogens with zero attached hydrogens (tertiary/aromatic N) is 2. The van der Waals surface area contributed by atoms with Crippen LogP contribution in [0, 0.1) is 0 Å². The molecule has 6 nitrogen and oxygen atoms in total. The van der Waals surface area contributed by atoms with Gasteiger partial charge in [-0.15, -0.1) is 0 Å². The van der Waals surface area contributed by atoms with E-state index in [4.69, 9.17) is 0 Å². The molecular formula is C18H18N4O2. The number of aromatic amines is 1. The topological polar surface area (TPSA) is 79.8 Å². The Morgan fingerprint density at radius 3 is 2.88 bits per heavy atom. The fourth-order valence-electron chi connectivity index (χ4n) is 3.37. The molecule has 2 aromatic heterocycles. The predicted molar refractivity (Wildman–Crippen MR) is 92.3 cm³/mol. The predicted octanol–water partition coefficient (Wildman–Crippen LogP) is 2.78. The van der Waals surface area contributed by atoms with Crippen LogP contribution in [0.3, 0.4) is 0 Å². The van der Waals surface area contributed by atoms with Crippen LogP contribution in [-0.2, 0) is 4.79 Å². The van der Waals surface area contributed by atoms with E-state index in [1.54, 1.807) is 10.9 Å². The van der Waals surface area contributed by atoms with E-state index in [9.17, 15) is 9.59 Å². The molecule has 0 saturated carbocycles. The number of hydrogen-bond donors (Lipinski definition) is 2. The van der Waals surface area contributed by atoms with Crippen molar-refractivity contribution in [2.45, 2.75) is 32.2 Å². The molecule has 3 aromatic rings. The van der Waals surface area contributed by atoms with Gasteiger partial charge >= 0.3 is 0 Å². The lowest BCUT2D eigenvalue weighted by Crippen LogP contribution is -2.27. The number of H-pyrrole nitrogens is 1. The largest absolute Gasteiger partial charge is 0.311 e. The van der Waals surface area contributed by atoms with Crippen molar-refractivity contribution >= 4 is 22.6 Å². The fourth-order valence-corrected chi connectivity index (χ4v) is 3.37. The quantitative estimate of drug-likeness (QED) is 0.761. The third kappa shape index (κ3) is 2.22. The molecule has 24 heavy (non-hydrogen) atoms. The van der Waals surface area contributed by atoms with Crippen molar-refractivity contribution in [1.29, 1.82) is 0 Å². The first-order valence-corrected chi connectivity index (χ1v) is 8.03. The van der Waals surface area contributed by atoms with Gasteiger partial charge in [0.05, 0.1) is 11.1 Å². The highest BCUT2D eigenvalue weighted by Gasteiger charge is 2.33. The average Bonchev–Trinajstić information content (AvgIpc) is 2.90. The van der Waals surface area contributed by atoms with Crippen LogP contribution in [0.1, 0.15) is 43.4 Å². The van der Waals surface area contributed by atoms with Gasteiger partial charge in [0.2, 0.25) is 5.91 Å². The second-order valence-corrected chi connectivity index (χ2v) is 6.43. The van der Waals surface area contributed by atoms with E-state index in [0.717, 1.165) is 16.5 Å². The van der Waals surface area contributed by atoms with Gasteiger partial charge in [-0.05, 0) is 37.6 Å². The van der Waals surface area contributed by atoms with E-state index in [1.807, 2.05) is 44.2 Å². The van der Waals surface area contributed by atoms with E-state index in [0.29, 0.717) is 11.4 Å². The lowest BCUT2D eigenvalue weighted by atomic mass is 9.86. The molecule has 0 spiro atoms. The van der Waals surface area contributed by atoms with E-state index in [1.165, 1.54) is 0 Å². The number of benzene rings is 1. The maximum Gasteiger partial charge on any atom is 0.270 e. The summed E-state index contributed by atoms with van der Waals surface area (Å²) in [6.07, 6.45) is 2.02. The summed E-state index contributed by atoms with van der Waals surface area (Å²) in [4.78, 5) is 29.0. The maximum absolute atomic E-state index is 12.5. The van der Waals surface area contributed by atoms with Gasteiger partial charge in [0.15, 0.2) is 0 Å². The van der Waals surface area contributed by atoms with Crippen LogP contribution in [-0.4, -0.2) is 20.7 Å². The number of carbonyl (C=O) groups excluding carboxylic acids is 1. The van der Waals surface area contributed by atoms with Gasteiger partial charge in [-0.1, -0.05) is 12.1 Å². The number of fused-ring (bicyclic) bond motifs is 2. The molecule has 2 N–H and O–H groups in total. The zero-order valence-electron chi connectivity index (χ0n) is 13.5. The minimum atomic E-state index is -0.248. The lowest BCUT2D eigenvalue weighted by molar-refractivity contribution is -0.116. The molecule has 122 valence electrons. The SMILES string of the molecule is CC(C)n1[nH]c(=O)c2c1NC(=O)C[C@@H]2c1ccc2ncccc2c1. The normalized spacial score (nSPS) is 17.1. The Morgan fingerprint density at radius 1 is 1.25 bits per heavy atom. The Hall–Kier alpha value is -2.89. The maximum atomic E-state index is 12.5. The van der Waals surface area contributed by atoms with Crippen LogP contribution in [0.2, 0.25) is 0 Å². The van der Waals surface area contributed by atoms with Gasteiger partial charge in [0.25, 0.3) is 5.56 Å². The minimum absolute atomic E-state index is 0.0568. The molecule has 1 atom stereocenters. The molecule has 0 fully saturated rings. The van der Waals surface area contributed by atoms with Crippen molar-refractivity contribution in [2.75, 3.05) is 5.32 Å². The molecule has 0 saturated heterocycles. The molecule has 1 aliphatic rings. The third-order valence-corrected chi connectivity index (χ3v) is 4.50. The molecule has 1 aromatic carbocycles. The zero-order valence-corrected chi connectivity index (χ0v) is 13.5. The summed E-state index contributed by atoms with van der Waals surface area (Å²) in [5.74, 6) is 0.261. The van der Waals surface area contributed by atoms with Crippen molar-refractivity contribution in [1.82, 2.24) is 14.8 Å². The van der Waals surface area contributed by atoms with E-state index < -0.39 is 0 Å². The van der Waals surface area contributed by atoms with Gasteiger partial charge in [-0.2, -0.15) is 0 Å². The first-order valence-electron chi connectivity index (χ1n) is 8.03. The highest BCUT2D eigenvalue weighted by Crippen LogP contribution is 2.36. The second-order valence-electron chi connectivity index (χ2n) is 6.43. The van der Waals surface area contributed by atoms with Crippen LogP contribution in [0.25, 0.3) is 10.9 Å². The second kappa shape index (κ2) is 5.33. The zero-order chi connectivity index (χ0) is 16.8. The first kappa shape index (κ1) is 14.7. The summed E-state index contributed by atoms with van der Waals surface area (Å²) in [6.45, 7) is 3.93. The van der Waals surface area contributed by atoms with E-state index in [-0.39, 0.29) is 29.8 Å². The molecule has 1 aliphatic heterocycles. The lowest BCUT2D eigenvalue weighted by Gasteiger charge is -2.24. The van der Waals surface area contributed by atoms with Crippen LogP contribution in [0.5, 0.6) is 0 Å². The Labute approximate surface area is 138 Å². The Bertz CT molecular complexity index is 1000. The number of pyridine rings is 1. The summed E-state index contributed by atoms with van der Waals surface area (Å²) >= 11 is 0. The monoisotopic (exact) mass is 322 g/mol. The van der Waals surface area contributed by atoms with Crippen LogP contribution in [0.15, 0.2) is 41.3 Å². The van der Waals surface area contributed by atoms with Crippen LogP contribution in [0.4, 0.5) is 5.82 Å². The smallest absolute Gasteiger partial charge is 0.270 e. The van der Waals surface area contributed by atoms with Crippen molar-refractivity contribution < 1.29 is 4.79 Å². The number of carbonyl (C=O) groups is 1. The molecule has 1 amide bonds. The summed E-state index contributed by atoms with van der Waals surface area (Å²) < 4.78 is 1.73. The summed E-state index contributed by atoms with van der Waals surface area (Å²) in [6, 6.07) is 9.83. The Morgan fingerprint density at radius 2 is 2.08 bits per heavy atom. The van der Waals surface area contributed by atoms with E-state index in [2.05, 4.69) is 15.4 Å². The van der Waals surface area contributed by atoms with Crippen molar-refractivity contribution in [3.8, 4) is 0 Å². The van der Waals surface area contributed by atoms with Crippen molar-refractivity contribution in [3.63, 3.8) is 0 Å². The standard InChI is InChI=1S/C18H18N4O2/c1-10(2)22-17-16(18(24)21-22)13(9-15(23)20-17)11-5-6-14-12(8-11)4-3-7-19-14/h3-8,10,13H,9H2,1-2H3,(H,20,23)(H,21,24)/t13-/m1/s1. The molecule has 0 unspecified atom stereocenters. The molecule has 3 heterocycles. The first-order chi connectivity index (χ1) is 11.5. The number of hydrogen-bond acceptors (Lipinski definition) is 3. The molecule has 4 rings (SSSR count). The Kier molecular flexibility index (Phi) is 3.26. The minimum Gasteiger partial charge on any atom is -0.311 e. The van der Waals surface area contributed by atoms with E-state index >= 15 is 0 Å². The summed E-state index contributed by atoms with van der Waals surface area (Å²) in [5.41, 5.74) is 2.34. The summed E-state index contributed by atoms with van der Waals surface area (Å²) in [5, 5.41) is 6.70. The highest BCUT2D eigenvalue weighted by molar-refractivity contribution is 5.94. The van der Waals surface area contributed by atoms with Gasteiger partial charge in [0.1, 0.15) is 5.82 Å². The highest BCUT2D eigenvalue weighted by atomic mass is 16.2. The Balaban J connectivity index is 1.90. The van der Waals surface area contributed by atoms with Gasteiger partial charge < -0.3 is 5.32 Å². The fraction of sp³-hybridized carbons (Fsp3) is 0.278. The number of nitrogens with one attached hydrogen (secondary N) is 2. The molecule has 0 bridgehead atoms. The molecule has 0 aliphatic carbocycles. The van der Waals surface area contributed by atoms with Gasteiger partial charge in [-0.3, -0.25) is 24.4 Å². The number of rotatable bonds is 2. The molecule has 6 heteroatoms. The van der Waals surface area contributed by atoms with Gasteiger partial charge in [-0.25, -0.2) is 0 Å². The number of aromatic nitrogens is 3. The molecular weight excluding hydrogens is 304 g/mol. The van der Waals surface area contributed by atoms with Crippen molar-refractivity contribution in [3.05, 3.63) is 58.0 Å². The van der Waals surface area contributed by atoms with Crippen LogP contribution >= 0.6 is 0 Å². The van der Waals surface area contributed by atoms with Gasteiger partial charge in [0, 0.05) is 30.0 Å². The summed E-state index contributed by atoms with van der Waals surface area (Å²) in [7, 11) is 0. The van der Waals surface area contributed by atoms with Crippen molar-refractivity contribution in [2.24, 2.45) is 0 Å². The van der Waals surface area contributed by atoms with Crippen LogP contribution < -0.4 is 10.9 Å². The average molecular weight is 322 g/mol.